The molecule has 0 heterocycles. The molecule has 2 unspecified atom stereocenters. The van der Waals surface area contributed by atoms with Gasteiger partial charge in [0, 0.05) is 19.5 Å². The van der Waals surface area contributed by atoms with E-state index in [1.807, 2.05) is 0 Å². The molecule has 4 heteroatoms. The largest absolute Gasteiger partial charge is 0.110 e. The van der Waals surface area contributed by atoms with Crippen LogP contribution in [0.4, 0.5) is 0 Å². The van der Waals surface area contributed by atoms with Crippen molar-refractivity contribution in [1.29, 1.82) is 0 Å². The minimum atomic E-state index is 0. The summed E-state index contributed by atoms with van der Waals surface area (Å²) in [5.41, 5.74) is 0. The molecule has 2 atom stereocenters. The third-order valence-electron chi connectivity index (χ3n) is 0. The van der Waals surface area contributed by atoms with Gasteiger partial charge >= 0.3 is 0 Å². The van der Waals surface area contributed by atoms with Gasteiger partial charge < -0.3 is 0 Å². The second kappa shape index (κ2) is 8.87. The Hall–Kier alpha value is 1.91. The zero-order chi connectivity index (χ0) is 2.71. The Labute approximate surface area is 45.6 Å². The topological polar surface area (TPSA) is 0 Å². The Kier molecular flexibility index (Phi) is 20.7. The van der Waals surface area contributed by atoms with Crippen LogP contribution in [0.5, 0.6) is 0 Å². The van der Waals surface area contributed by atoms with Crippen molar-refractivity contribution in [3.8, 4) is 0 Å². The summed E-state index contributed by atoms with van der Waals surface area (Å²) in [6.07, 6.45) is 0. The molecule has 0 bridgehead atoms. The molecule has 0 spiro atoms. The van der Waals surface area contributed by atoms with Crippen LogP contribution in [0, 0.1) is 0 Å². The minimum Gasteiger partial charge on any atom is -0.110 e. The first-order valence-corrected chi connectivity index (χ1v) is 5.20. The predicted octanol–water partition coefficient (Wildman–Crippen LogP) is 1.24. The Bertz CT molecular complexity index is 3.25. The normalized spacial score (nSPS) is 4.50. The van der Waals surface area contributed by atoms with Crippen LogP contribution >= 0.6 is 25.8 Å². The molecule has 0 aliphatic heterocycles. The smallest absolute Gasteiger partial charge is 0 e. The molecule has 0 radical (unpaired) electrons. The second-order valence-electron chi connectivity index (χ2n) is 0.167. The third-order valence-corrected chi connectivity index (χ3v) is 0. The van der Waals surface area contributed by atoms with Gasteiger partial charge in [0.1, 0.15) is 0 Å². The van der Waals surface area contributed by atoms with Crippen LogP contribution in [0.1, 0.15) is 0 Å². The molecule has 0 fully saturated rings. The van der Waals surface area contributed by atoms with Crippen molar-refractivity contribution in [3.05, 3.63) is 0 Å². The maximum absolute atomic E-state index is 2.57. The Morgan fingerprint density at radius 2 is 1.25 bits per heavy atom. The quantitative estimate of drug-likeness (QED) is 0.372. The van der Waals surface area contributed by atoms with Crippen molar-refractivity contribution < 1.29 is 19.5 Å². The fourth-order valence-electron chi connectivity index (χ4n) is 0. The van der Waals surface area contributed by atoms with Gasteiger partial charge in [0.25, 0.3) is 0 Å². The van der Waals surface area contributed by atoms with E-state index in [1.54, 1.807) is 0 Å². The Morgan fingerprint density at radius 1 is 1.25 bits per heavy atom. The molecular formula is H5P3Zn. The van der Waals surface area contributed by atoms with Gasteiger partial charge in [0.2, 0.25) is 0 Å². The Morgan fingerprint density at radius 3 is 1.25 bits per heavy atom. The maximum atomic E-state index is 2.57. The fourth-order valence-corrected chi connectivity index (χ4v) is 0. The van der Waals surface area contributed by atoms with E-state index in [1.165, 1.54) is 0 Å². The Balaban J connectivity index is 0. The molecule has 0 aromatic heterocycles. The first kappa shape index (κ1) is 9.32. The predicted molar refractivity (Wildman–Crippen MR) is 27.7 cm³/mol. The molecule has 22 valence electrons. The van der Waals surface area contributed by atoms with Crippen LogP contribution in [0.2, 0.25) is 0 Å². The van der Waals surface area contributed by atoms with E-state index < -0.39 is 0 Å². The summed E-state index contributed by atoms with van der Waals surface area (Å²) in [4.78, 5) is 0. The van der Waals surface area contributed by atoms with Gasteiger partial charge in [-0.15, -0.1) is 17.9 Å². The molecule has 0 aliphatic rings. The van der Waals surface area contributed by atoms with E-state index in [9.17, 15) is 0 Å². The van der Waals surface area contributed by atoms with Gasteiger partial charge in [-0.2, -0.15) is 0 Å². The monoisotopic (exact) mass is 162 g/mol. The van der Waals surface area contributed by atoms with E-state index in [0.717, 1.165) is 7.96 Å². The van der Waals surface area contributed by atoms with E-state index >= 15 is 0 Å². The van der Waals surface area contributed by atoms with Crippen molar-refractivity contribution in [3.63, 3.8) is 0 Å². The molecule has 0 amide bonds. The van der Waals surface area contributed by atoms with Crippen LogP contribution in [0.15, 0.2) is 0 Å². The van der Waals surface area contributed by atoms with Crippen LogP contribution in [-0.2, 0) is 19.5 Å². The van der Waals surface area contributed by atoms with E-state index in [0.29, 0.717) is 0 Å². The van der Waals surface area contributed by atoms with Crippen molar-refractivity contribution in [2.24, 2.45) is 0 Å². The van der Waals surface area contributed by atoms with Crippen LogP contribution in [0.3, 0.4) is 0 Å². The third kappa shape index (κ3) is 9.07. The molecule has 0 aromatic carbocycles. The summed E-state index contributed by atoms with van der Waals surface area (Å²) in [6.45, 7) is 0. The molecule has 4 heavy (non-hydrogen) atoms. The van der Waals surface area contributed by atoms with Gasteiger partial charge in [-0.25, -0.2) is 0 Å². The molecule has 0 aliphatic carbocycles. The van der Waals surface area contributed by atoms with Crippen molar-refractivity contribution >= 4 is 25.8 Å². The van der Waals surface area contributed by atoms with Gasteiger partial charge in [-0.3, -0.25) is 0 Å². The van der Waals surface area contributed by atoms with Crippen LogP contribution in [-0.4, -0.2) is 0 Å². The SMILES string of the molecule is PPP.[Zn]. The average Bonchev–Trinajstić information content (AvgIpc) is 0.918. The van der Waals surface area contributed by atoms with E-state index in [4.69, 9.17) is 0 Å². The van der Waals surface area contributed by atoms with Crippen molar-refractivity contribution in [2.45, 2.75) is 0 Å². The first-order chi connectivity index (χ1) is 1.41. The standard InChI is InChI=1S/H5P3.Zn/c1-3-2;/h3H,1-2H2;. The zero-order valence-electron chi connectivity index (χ0n) is 2.36. The van der Waals surface area contributed by atoms with Crippen molar-refractivity contribution in [2.75, 3.05) is 0 Å². The van der Waals surface area contributed by atoms with Crippen LogP contribution < -0.4 is 0 Å². The number of hydrogen-bond acceptors (Lipinski definition) is 0. The molecule has 0 N–H and O–H groups in total. The summed E-state index contributed by atoms with van der Waals surface area (Å²) < 4.78 is 0. The summed E-state index contributed by atoms with van der Waals surface area (Å²) in [7, 11) is 6.06. The van der Waals surface area contributed by atoms with Crippen LogP contribution in [0.25, 0.3) is 0 Å². The summed E-state index contributed by atoms with van der Waals surface area (Å²) in [5.74, 6) is 0. The fraction of sp³-hybridized carbons (Fsp3) is 0. The summed E-state index contributed by atoms with van der Waals surface area (Å²) in [5, 5.41) is 0. The number of hydrogen-bond donors (Lipinski definition) is 0. The van der Waals surface area contributed by atoms with Gasteiger partial charge in [-0.05, 0) is 0 Å². The molecule has 0 saturated heterocycles. The van der Waals surface area contributed by atoms with Gasteiger partial charge in [0.05, 0.1) is 0 Å². The van der Waals surface area contributed by atoms with Gasteiger partial charge in [-0.1, -0.05) is 7.96 Å². The molecule has 0 saturated carbocycles. The summed E-state index contributed by atoms with van der Waals surface area (Å²) in [6, 6.07) is 0. The maximum Gasteiger partial charge on any atom is 0 e. The first-order valence-electron chi connectivity index (χ1n) is 0.577. The molecule has 0 aromatic rings. The van der Waals surface area contributed by atoms with E-state index in [-0.39, 0.29) is 19.5 Å². The van der Waals surface area contributed by atoms with Crippen molar-refractivity contribution in [1.82, 2.24) is 0 Å². The minimum absolute atomic E-state index is 0. The average molecular weight is 163 g/mol. The van der Waals surface area contributed by atoms with E-state index in [2.05, 4.69) is 17.9 Å². The number of rotatable bonds is 0. The summed E-state index contributed by atoms with van der Waals surface area (Å²) >= 11 is 0. The zero-order valence-corrected chi connectivity index (χ0v) is 8.64. The van der Waals surface area contributed by atoms with Gasteiger partial charge in [0.15, 0.2) is 0 Å². The molecular weight excluding hydrogens is 158 g/mol. The molecule has 0 rings (SSSR count). The second-order valence-corrected chi connectivity index (χ2v) is 4.50. The molecule has 0 nitrogen and oxygen atoms in total.